The van der Waals surface area contributed by atoms with Crippen molar-refractivity contribution in [2.75, 3.05) is 5.32 Å². The molecule has 0 saturated carbocycles. The van der Waals surface area contributed by atoms with Crippen molar-refractivity contribution in [1.82, 2.24) is 5.06 Å². The first-order valence-electron chi connectivity index (χ1n) is 6.51. The topological polar surface area (TPSA) is 78.6 Å². The molecule has 108 valence electrons. The number of para-hydroxylation sites is 1. The molecule has 3 rings (SSSR count). The molecule has 1 atom stereocenters. The molecule has 2 amide bonds. The van der Waals surface area contributed by atoms with E-state index in [9.17, 15) is 10.0 Å². The molecule has 21 heavy (non-hydrogen) atoms. The molecule has 1 aliphatic rings. The van der Waals surface area contributed by atoms with E-state index in [2.05, 4.69) is 11.4 Å². The molecule has 4 N–H and O–H groups in total. The highest BCUT2D eigenvalue weighted by Crippen LogP contribution is 2.44. The second-order valence-electron chi connectivity index (χ2n) is 4.84. The average molecular weight is 301 g/mol. The smallest absolute Gasteiger partial charge is 0.339 e. The maximum atomic E-state index is 11.0. The van der Waals surface area contributed by atoms with Gasteiger partial charge in [-0.2, -0.15) is 5.06 Å². The average Bonchev–Trinajstić information content (AvgIpc) is 2.50. The molecule has 2 aromatic carbocycles. The number of benzene rings is 2. The van der Waals surface area contributed by atoms with Crippen molar-refractivity contribution in [2.45, 2.75) is 22.8 Å². The van der Waals surface area contributed by atoms with Crippen LogP contribution in [0.3, 0.4) is 0 Å². The van der Waals surface area contributed by atoms with Gasteiger partial charge in [0, 0.05) is 9.79 Å². The van der Waals surface area contributed by atoms with Gasteiger partial charge in [0.15, 0.2) is 0 Å². The van der Waals surface area contributed by atoms with Crippen LogP contribution in [0.15, 0.2) is 52.3 Å². The quantitative estimate of drug-likeness (QED) is 0.498. The normalized spacial score (nSPS) is 13.6. The first-order chi connectivity index (χ1) is 10.1. The van der Waals surface area contributed by atoms with E-state index in [1.54, 1.807) is 18.7 Å². The summed E-state index contributed by atoms with van der Waals surface area (Å²) in [6.45, 7) is 1.72. The lowest BCUT2D eigenvalue weighted by Gasteiger charge is -2.25. The molecule has 0 fully saturated rings. The Balaban J connectivity index is 1.92. The Hall–Kier alpha value is -2.18. The number of carbonyl (C=O) groups excluding carboxylic acids is 1. The van der Waals surface area contributed by atoms with Crippen molar-refractivity contribution in [3.63, 3.8) is 0 Å². The van der Waals surface area contributed by atoms with E-state index in [1.165, 1.54) is 4.90 Å². The second-order valence-corrected chi connectivity index (χ2v) is 5.92. The monoisotopic (exact) mass is 301 g/mol. The minimum absolute atomic E-state index is 0.503. The third-order valence-electron chi connectivity index (χ3n) is 3.45. The fraction of sp³-hybridized carbons (Fsp3) is 0.133. The summed E-state index contributed by atoms with van der Waals surface area (Å²) in [7, 11) is 0. The van der Waals surface area contributed by atoms with E-state index in [1.807, 2.05) is 36.4 Å². The number of carbonyl (C=O) groups is 1. The maximum Gasteiger partial charge on any atom is 0.339 e. The second kappa shape index (κ2) is 5.31. The van der Waals surface area contributed by atoms with E-state index < -0.39 is 12.1 Å². The van der Waals surface area contributed by atoms with Gasteiger partial charge in [-0.25, -0.2) is 4.79 Å². The SMILES string of the molecule is CC(c1ccc2c(c1)Nc1ccccc1S2)N(O)C(N)=O. The first-order valence-corrected chi connectivity index (χ1v) is 7.33. The van der Waals surface area contributed by atoms with Gasteiger partial charge in [-0.3, -0.25) is 5.21 Å². The number of nitrogens with zero attached hydrogens (tertiary/aromatic N) is 1. The largest absolute Gasteiger partial charge is 0.354 e. The van der Waals surface area contributed by atoms with Crippen LogP contribution in [-0.2, 0) is 0 Å². The Morgan fingerprint density at radius 3 is 2.71 bits per heavy atom. The van der Waals surface area contributed by atoms with Crippen LogP contribution in [0, 0.1) is 0 Å². The predicted octanol–water partition coefficient (Wildman–Crippen LogP) is 3.73. The summed E-state index contributed by atoms with van der Waals surface area (Å²) in [6.07, 6.45) is 0. The molecule has 1 heterocycles. The summed E-state index contributed by atoms with van der Waals surface area (Å²) < 4.78 is 0. The third-order valence-corrected chi connectivity index (χ3v) is 4.61. The van der Waals surface area contributed by atoms with Crippen LogP contribution in [0.25, 0.3) is 0 Å². The minimum atomic E-state index is -0.868. The highest BCUT2D eigenvalue weighted by molar-refractivity contribution is 7.99. The van der Waals surface area contributed by atoms with Gasteiger partial charge in [0.1, 0.15) is 0 Å². The number of primary amides is 1. The Morgan fingerprint density at radius 2 is 1.95 bits per heavy atom. The van der Waals surface area contributed by atoms with E-state index >= 15 is 0 Å². The first kappa shape index (κ1) is 13.8. The molecule has 2 aromatic rings. The Bertz CT molecular complexity index is 705. The molecule has 0 bridgehead atoms. The van der Waals surface area contributed by atoms with E-state index in [-0.39, 0.29) is 0 Å². The number of urea groups is 1. The number of nitrogens with one attached hydrogen (secondary N) is 1. The van der Waals surface area contributed by atoms with Gasteiger partial charge in [-0.05, 0) is 36.8 Å². The number of hydrogen-bond donors (Lipinski definition) is 3. The summed E-state index contributed by atoms with van der Waals surface area (Å²) in [5, 5.41) is 13.5. The fourth-order valence-electron chi connectivity index (χ4n) is 2.25. The van der Waals surface area contributed by atoms with Crippen LogP contribution in [-0.4, -0.2) is 16.3 Å². The van der Waals surface area contributed by atoms with Crippen LogP contribution in [0.5, 0.6) is 0 Å². The number of amides is 2. The maximum absolute atomic E-state index is 11.0. The summed E-state index contributed by atoms with van der Waals surface area (Å²) >= 11 is 1.69. The Kier molecular flexibility index (Phi) is 3.48. The minimum Gasteiger partial charge on any atom is -0.354 e. The molecule has 5 nitrogen and oxygen atoms in total. The number of nitrogens with two attached hydrogens (primary N) is 1. The Morgan fingerprint density at radius 1 is 1.24 bits per heavy atom. The van der Waals surface area contributed by atoms with Gasteiger partial charge in [0.2, 0.25) is 0 Å². The molecule has 0 spiro atoms. The van der Waals surface area contributed by atoms with Crippen molar-refractivity contribution in [1.29, 1.82) is 0 Å². The molecular weight excluding hydrogens is 286 g/mol. The summed E-state index contributed by atoms with van der Waals surface area (Å²) in [5.74, 6) is 0. The van der Waals surface area contributed by atoms with E-state index in [0.29, 0.717) is 5.06 Å². The zero-order valence-electron chi connectivity index (χ0n) is 11.4. The van der Waals surface area contributed by atoms with Gasteiger partial charge < -0.3 is 11.1 Å². The lowest BCUT2D eigenvalue weighted by Crippen LogP contribution is -2.34. The molecular formula is C15H15N3O2S. The van der Waals surface area contributed by atoms with E-state index in [0.717, 1.165) is 21.8 Å². The standard InChI is InChI=1S/C15H15N3O2S/c1-9(18(20)15(16)19)10-6-7-14-12(8-10)17-11-4-2-3-5-13(11)21-14/h2-9,17,20H,1H3,(H2,16,19). The van der Waals surface area contributed by atoms with E-state index in [4.69, 9.17) is 5.73 Å². The van der Waals surface area contributed by atoms with Crippen LogP contribution in [0.2, 0.25) is 0 Å². The molecule has 1 unspecified atom stereocenters. The molecule has 0 saturated heterocycles. The number of anilines is 2. The zero-order chi connectivity index (χ0) is 15.0. The highest BCUT2D eigenvalue weighted by Gasteiger charge is 2.20. The predicted molar refractivity (Wildman–Crippen MR) is 81.9 cm³/mol. The van der Waals surface area contributed by atoms with Crippen LogP contribution in [0.1, 0.15) is 18.5 Å². The number of hydroxylamine groups is 2. The van der Waals surface area contributed by atoms with Gasteiger partial charge in [-0.1, -0.05) is 30.0 Å². The third kappa shape index (κ3) is 2.55. The number of hydrogen-bond acceptors (Lipinski definition) is 4. The fourth-order valence-corrected chi connectivity index (χ4v) is 3.22. The summed E-state index contributed by atoms with van der Waals surface area (Å²) in [4.78, 5) is 13.3. The number of fused-ring (bicyclic) bond motifs is 2. The van der Waals surface area contributed by atoms with Gasteiger partial charge in [0.05, 0.1) is 17.4 Å². The van der Waals surface area contributed by atoms with Crippen molar-refractivity contribution >= 4 is 29.2 Å². The molecule has 1 aliphatic heterocycles. The summed E-state index contributed by atoms with van der Waals surface area (Å²) in [6, 6.07) is 12.5. The lowest BCUT2D eigenvalue weighted by atomic mass is 10.1. The highest BCUT2D eigenvalue weighted by atomic mass is 32.2. The van der Waals surface area contributed by atoms with Gasteiger partial charge >= 0.3 is 6.03 Å². The number of rotatable bonds is 2. The van der Waals surface area contributed by atoms with Crippen molar-refractivity contribution in [3.8, 4) is 0 Å². The molecule has 0 radical (unpaired) electrons. The zero-order valence-corrected chi connectivity index (χ0v) is 12.2. The van der Waals surface area contributed by atoms with Crippen molar-refractivity contribution in [3.05, 3.63) is 48.0 Å². The molecule has 0 aromatic heterocycles. The van der Waals surface area contributed by atoms with Gasteiger partial charge in [-0.15, -0.1) is 0 Å². The van der Waals surface area contributed by atoms with Crippen LogP contribution >= 0.6 is 11.8 Å². The van der Waals surface area contributed by atoms with Crippen LogP contribution < -0.4 is 11.1 Å². The van der Waals surface area contributed by atoms with Crippen LogP contribution in [0.4, 0.5) is 16.2 Å². The molecule has 6 heteroatoms. The summed E-state index contributed by atoms with van der Waals surface area (Å²) in [5.41, 5.74) is 7.91. The molecule has 0 aliphatic carbocycles. The van der Waals surface area contributed by atoms with Crippen molar-refractivity contribution < 1.29 is 10.0 Å². The van der Waals surface area contributed by atoms with Gasteiger partial charge in [0.25, 0.3) is 0 Å². The lowest BCUT2D eigenvalue weighted by molar-refractivity contribution is -0.0709. The van der Waals surface area contributed by atoms with Crippen molar-refractivity contribution in [2.24, 2.45) is 5.73 Å². The Labute approximate surface area is 126 Å².